The molecule has 0 bridgehead atoms. The molecular weight excluding hydrogens is 330 g/mol. The van der Waals surface area contributed by atoms with Crippen molar-refractivity contribution in [2.75, 3.05) is 6.61 Å². The van der Waals surface area contributed by atoms with Crippen LogP contribution in [-0.4, -0.2) is 29.7 Å². The molecule has 0 saturated carbocycles. The fraction of sp³-hybridized carbons (Fsp3) is 0.238. The molecular formula is C21H21NO4. The number of carboxylic acid groups (broad SMARTS) is 1. The summed E-state index contributed by atoms with van der Waals surface area (Å²) in [6.07, 6.45) is 3.06. The van der Waals surface area contributed by atoms with E-state index in [1.165, 1.54) is 17.2 Å². The topological polar surface area (TPSA) is 89.6 Å². The summed E-state index contributed by atoms with van der Waals surface area (Å²) in [6.45, 7) is 0.262. The zero-order valence-electron chi connectivity index (χ0n) is 14.3. The van der Waals surface area contributed by atoms with E-state index in [2.05, 4.69) is 24.3 Å². The molecule has 0 radical (unpaired) electrons. The van der Waals surface area contributed by atoms with Gasteiger partial charge < -0.3 is 15.6 Å². The Kier molecular flexibility index (Phi) is 5.49. The normalized spacial score (nSPS) is 14.0. The number of hydrogen-bond acceptors (Lipinski definition) is 4. The van der Waals surface area contributed by atoms with E-state index in [9.17, 15) is 9.59 Å². The first-order valence-corrected chi connectivity index (χ1v) is 8.55. The summed E-state index contributed by atoms with van der Waals surface area (Å²) >= 11 is 0. The highest BCUT2D eigenvalue weighted by atomic mass is 16.5. The van der Waals surface area contributed by atoms with Gasteiger partial charge in [0.25, 0.3) is 0 Å². The minimum absolute atomic E-state index is 0.0222. The summed E-state index contributed by atoms with van der Waals surface area (Å²) in [5.74, 6) is -1.38. The summed E-state index contributed by atoms with van der Waals surface area (Å²) in [7, 11) is 0. The zero-order chi connectivity index (χ0) is 18.5. The van der Waals surface area contributed by atoms with E-state index in [0.717, 1.165) is 11.1 Å². The van der Waals surface area contributed by atoms with Gasteiger partial charge in [-0.2, -0.15) is 0 Å². The van der Waals surface area contributed by atoms with Crippen molar-refractivity contribution in [3.8, 4) is 11.1 Å². The van der Waals surface area contributed by atoms with Crippen molar-refractivity contribution in [1.82, 2.24) is 0 Å². The summed E-state index contributed by atoms with van der Waals surface area (Å²) in [5, 5.41) is 8.66. The fourth-order valence-corrected chi connectivity index (χ4v) is 3.30. The van der Waals surface area contributed by atoms with Gasteiger partial charge >= 0.3 is 11.9 Å². The van der Waals surface area contributed by atoms with Gasteiger partial charge in [0.2, 0.25) is 0 Å². The molecule has 0 fully saturated rings. The van der Waals surface area contributed by atoms with Crippen LogP contribution in [0.25, 0.3) is 11.1 Å². The largest absolute Gasteiger partial charge is 0.481 e. The molecule has 2 aromatic carbocycles. The van der Waals surface area contributed by atoms with E-state index >= 15 is 0 Å². The zero-order valence-corrected chi connectivity index (χ0v) is 14.3. The molecule has 1 aliphatic carbocycles. The van der Waals surface area contributed by atoms with Crippen LogP contribution in [0.15, 0.2) is 60.7 Å². The Balaban J connectivity index is 1.61. The second kappa shape index (κ2) is 7.97. The number of carbonyl (C=O) groups is 2. The van der Waals surface area contributed by atoms with Crippen molar-refractivity contribution in [2.45, 2.75) is 24.8 Å². The Morgan fingerprint density at radius 3 is 2.23 bits per heavy atom. The Bertz CT molecular complexity index is 798. The molecule has 3 N–H and O–H groups in total. The second-order valence-corrected chi connectivity index (χ2v) is 6.35. The Morgan fingerprint density at radius 1 is 1.08 bits per heavy atom. The molecule has 0 spiro atoms. The van der Waals surface area contributed by atoms with E-state index in [-0.39, 0.29) is 18.9 Å². The molecule has 1 atom stereocenters. The van der Waals surface area contributed by atoms with E-state index in [1.807, 2.05) is 24.3 Å². The van der Waals surface area contributed by atoms with Crippen molar-refractivity contribution in [3.05, 3.63) is 71.8 Å². The van der Waals surface area contributed by atoms with E-state index in [1.54, 1.807) is 6.08 Å². The predicted octanol–water partition coefficient (Wildman–Crippen LogP) is 3.09. The number of fused-ring (bicyclic) bond motifs is 3. The average molecular weight is 351 g/mol. The predicted molar refractivity (Wildman–Crippen MR) is 98.7 cm³/mol. The highest BCUT2D eigenvalue weighted by Gasteiger charge is 2.28. The molecule has 1 aliphatic rings. The highest BCUT2D eigenvalue weighted by Crippen LogP contribution is 2.44. The molecule has 0 amide bonds. The van der Waals surface area contributed by atoms with Crippen LogP contribution in [-0.2, 0) is 14.3 Å². The molecule has 3 rings (SSSR count). The molecule has 0 saturated heterocycles. The first-order valence-electron chi connectivity index (χ1n) is 8.55. The minimum Gasteiger partial charge on any atom is -0.481 e. The lowest BCUT2D eigenvalue weighted by Gasteiger charge is -2.13. The van der Waals surface area contributed by atoms with Gasteiger partial charge in [-0.25, -0.2) is 4.79 Å². The lowest BCUT2D eigenvalue weighted by atomic mass is 9.98. The quantitative estimate of drug-likeness (QED) is 0.591. The van der Waals surface area contributed by atoms with Gasteiger partial charge in [-0.15, -0.1) is 0 Å². The minimum atomic E-state index is -0.952. The number of hydrogen-bond donors (Lipinski definition) is 2. The first-order chi connectivity index (χ1) is 12.6. The van der Waals surface area contributed by atoms with Crippen molar-refractivity contribution in [1.29, 1.82) is 0 Å². The number of carbonyl (C=O) groups excluding carboxylic acids is 1. The maximum Gasteiger partial charge on any atom is 0.330 e. The monoisotopic (exact) mass is 351 g/mol. The molecule has 134 valence electrons. The Labute approximate surface area is 152 Å². The van der Waals surface area contributed by atoms with Gasteiger partial charge in [0.1, 0.15) is 6.61 Å². The van der Waals surface area contributed by atoms with Gasteiger partial charge in [-0.1, -0.05) is 54.6 Å². The van der Waals surface area contributed by atoms with Gasteiger partial charge in [0.05, 0.1) is 6.42 Å². The van der Waals surface area contributed by atoms with Gasteiger partial charge in [0.15, 0.2) is 0 Å². The van der Waals surface area contributed by atoms with Crippen molar-refractivity contribution in [3.63, 3.8) is 0 Å². The van der Waals surface area contributed by atoms with Crippen LogP contribution in [0.3, 0.4) is 0 Å². The van der Waals surface area contributed by atoms with Gasteiger partial charge in [0, 0.05) is 18.0 Å². The lowest BCUT2D eigenvalue weighted by molar-refractivity contribution is -0.138. The number of aliphatic carboxylic acids is 1. The van der Waals surface area contributed by atoms with Crippen LogP contribution in [0.2, 0.25) is 0 Å². The maximum atomic E-state index is 12.0. The Hall–Kier alpha value is -2.92. The smallest absolute Gasteiger partial charge is 0.330 e. The van der Waals surface area contributed by atoms with E-state index < -0.39 is 18.0 Å². The summed E-state index contributed by atoms with van der Waals surface area (Å²) < 4.78 is 5.42. The van der Waals surface area contributed by atoms with E-state index in [0.29, 0.717) is 6.42 Å². The van der Waals surface area contributed by atoms with Crippen LogP contribution in [0.4, 0.5) is 0 Å². The second-order valence-electron chi connectivity index (χ2n) is 6.35. The third kappa shape index (κ3) is 4.00. The standard InChI is InChI=1S/C21H21NO4/c22-14(12-20(23)24)6-5-11-21(25)26-13-19-17-9-3-1-7-15(17)16-8-2-4-10-18(16)19/h1-5,7-11,14,19H,6,12-13,22H2,(H,23,24)/b11-5+/t14-/m1/s1. The molecule has 5 heteroatoms. The van der Waals surface area contributed by atoms with Crippen LogP contribution < -0.4 is 5.73 Å². The number of ether oxygens (including phenoxy) is 1. The van der Waals surface area contributed by atoms with Crippen LogP contribution in [0.1, 0.15) is 29.9 Å². The number of benzene rings is 2. The lowest BCUT2D eigenvalue weighted by Crippen LogP contribution is -2.22. The number of esters is 1. The molecule has 0 aliphatic heterocycles. The highest BCUT2D eigenvalue weighted by molar-refractivity contribution is 5.82. The average Bonchev–Trinajstić information content (AvgIpc) is 2.93. The van der Waals surface area contributed by atoms with Crippen molar-refractivity contribution in [2.24, 2.45) is 5.73 Å². The SMILES string of the molecule is N[C@H](C/C=C/C(=O)OCC1c2ccccc2-c2ccccc21)CC(=O)O. The van der Waals surface area contributed by atoms with Gasteiger partial charge in [-0.3, -0.25) is 4.79 Å². The van der Waals surface area contributed by atoms with Crippen molar-refractivity contribution >= 4 is 11.9 Å². The molecule has 2 aromatic rings. The summed E-state index contributed by atoms with van der Waals surface area (Å²) in [4.78, 5) is 22.5. The first kappa shape index (κ1) is 17.9. The Morgan fingerprint density at radius 2 is 1.65 bits per heavy atom. The molecule has 26 heavy (non-hydrogen) atoms. The van der Waals surface area contributed by atoms with Crippen LogP contribution >= 0.6 is 0 Å². The number of rotatable bonds is 7. The van der Waals surface area contributed by atoms with Gasteiger partial charge in [-0.05, 0) is 28.7 Å². The molecule has 5 nitrogen and oxygen atoms in total. The molecule has 0 aromatic heterocycles. The van der Waals surface area contributed by atoms with Crippen LogP contribution in [0.5, 0.6) is 0 Å². The van der Waals surface area contributed by atoms with E-state index in [4.69, 9.17) is 15.6 Å². The molecule has 0 heterocycles. The maximum absolute atomic E-state index is 12.0. The summed E-state index contributed by atoms with van der Waals surface area (Å²) in [6, 6.07) is 15.8. The molecule has 0 unspecified atom stereocenters. The number of nitrogens with two attached hydrogens (primary N) is 1. The van der Waals surface area contributed by atoms with Crippen LogP contribution in [0, 0.1) is 0 Å². The fourth-order valence-electron chi connectivity index (χ4n) is 3.30. The van der Waals surface area contributed by atoms with Crippen molar-refractivity contribution < 1.29 is 19.4 Å². The summed E-state index contributed by atoms with van der Waals surface area (Å²) in [5.41, 5.74) is 10.3. The number of carboxylic acids is 1. The third-order valence-electron chi connectivity index (χ3n) is 4.48. The third-order valence-corrected chi connectivity index (χ3v) is 4.48.